The summed E-state index contributed by atoms with van der Waals surface area (Å²) in [5.41, 5.74) is 8.05. The van der Waals surface area contributed by atoms with Crippen molar-refractivity contribution in [3.63, 3.8) is 0 Å². The van der Waals surface area contributed by atoms with Gasteiger partial charge in [0.15, 0.2) is 0 Å². The molecule has 5 aromatic rings. The number of hydrogen-bond acceptors (Lipinski definition) is 2. The summed E-state index contributed by atoms with van der Waals surface area (Å²) in [6.07, 6.45) is 0. The fraction of sp³-hybridized carbons (Fsp3) is 0.103. The molecule has 0 atom stereocenters. The zero-order valence-corrected chi connectivity index (χ0v) is 20.6. The fourth-order valence-electron chi connectivity index (χ4n) is 5.38. The predicted molar refractivity (Wildman–Crippen MR) is 141 cm³/mol. The molecule has 0 bridgehead atoms. The number of imide groups is 1. The van der Waals surface area contributed by atoms with E-state index >= 15 is 0 Å². The molecule has 1 aromatic heterocycles. The summed E-state index contributed by atoms with van der Waals surface area (Å²) in [7, 11) is 0. The second-order valence-corrected chi connectivity index (χ2v) is 9.79. The first-order chi connectivity index (χ1) is 16.4. The molecule has 2 heterocycles. The molecule has 6 rings (SSSR count). The molecule has 166 valence electrons. The molecule has 0 unspecified atom stereocenters. The van der Waals surface area contributed by atoms with Crippen LogP contribution < -0.4 is 4.90 Å². The fourth-order valence-corrected chi connectivity index (χ4v) is 5.92. The lowest BCUT2D eigenvalue weighted by molar-refractivity contribution is 0.0926. The molecule has 0 fully saturated rings. The van der Waals surface area contributed by atoms with E-state index in [4.69, 9.17) is 0 Å². The zero-order valence-electron chi connectivity index (χ0n) is 19.0. The smallest absolute Gasteiger partial charge is 0.266 e. The minimum atomic E-state index is -0.286. The average Bonchev–Trinajstić information content (AvgIpc) is 3.29. The van der Waals surface area contributed by atoms with Crippen LogP contribution in [-0.4, -0.2) is 16.8 Å². The van der Waals surface area contributed by atoms with E-state index in [1.807, 2.05) is 69.3 Å². The van der Waals surface area contributed by atoms with Gasteiger partial charge in [-0.2, -0.15) is 0 Å². The number of H-pyrrole nitrogens is 1. The Labute approximate surface area is 205 Å². The maximum atomic E-state index is 13.9. The van der Waals surface area contributed by atoms with E-state index in [0.717, 1.165) is 54.1 Å². The molecule has 4 aromatic carbocycles. The van der Waals surface area contributed by atoms with Gasteiger partial charge in [-0.15, -0.1) is 0 Å². The van der Waals surface area contributed by atoms with Crippen LogP contribution in [-0.2, 0) is 0 Å². The summed E-state index contributed by atoms with van der Waals surface area (Å²) < 4.78 is 0.862. The SMILES string of the molecule is Cc1cc(C)c(N2C(=O)c3cccc(-c4c(Br)ccc5c4[nH]c4ccccc45)c3C2=O)c(C)c1. The number of nitrogens with one attached hydrogen (secondary N) is 1. The van der Waals surface area contributed by atoms with Crippen LogP contribution >= 0.6 is 15.9 Å². The molecule has 0 spiro atoms. The molecule has 0 saturated heterocycles. The Hall–Kier alpha value is -3.70. The molecule has 0 saturated carbocycles. The number of hydrogen-bond donors (Lipinski definition) is 1. The summed E-state index contributed by atoms with van der Waals surface area (Å²) in [4.78, 5) is 32.3. The molecular weight excluding hydrogens is 488 g/mol. The number of carbonyl (C=O) groups excluding carboxylic acids is 2. The summed E-state index contributed by atoms with van der Waals surface area (Å²) in [6, 6.07) is 21.8. The topological polar surface area (TPSA) is 53.2 Å². The van der Waals surface area contributed by atoms with E-state index in [-0.39, 0.29) is 11.8 Å². The first kappa shape index (κ1) is 20.9. The largest absolute Gasteiger partial charge is 0.354 e. The van der Waals surface area contributed by atoms with Crippen LogP contribution in [0.25, 0.3) is 32.9 Å². The van der Waals surface area contributed by atoms with Gasteiger partial charge in [-0.3, -0.25) is 9.59 Å². The van der Waals surface area contributed by atoms with Crippen molar-refractivity contribution in [1.29, 1.82) is 0 Å². The van der Waals surface area contributed by atoms with Crippen LogP contribution in [0.1, 0.15) is 37.4 Å². The molecule has 0 radical (unpaired) electrons. The van der Waals surface area contributed by atoms with Crippen molar-refractivity contribution in [3.05, 3.63) is 99.0 Å². The monoisotopic (exact) mass is 508 g/mol. The summed E-state index contributed by atoms with van der Waals surface area (Å²) in [5, 5.41) is 2.19. The molecule has 1 aliphatic rings. The first-order valence-corrected chi connectivity index (χ1v) is 11.9. The van der Waals surface area contributed by atoms with Crippen LogP contribution in [0, 0.1) is 20.8 Å². The van der Waals surface area contributed by atoms with Crippen molar-refractivity contribution in [2.45, 2.75) is 20.8 Å². The second kappa shape index (κ2) is 7.40. The predicted octanol–water partition coefficient (Wildman–Crippen LogP) is 7.48. The molecule has 5 heteroatoms. The van der Waals surface area contributed by atoms with Crippen LogP contribution in [0.3, 0.4) is 0 Å². The van der Waals surface area contributed by atoms with Crippen molar-refractivity contribution >= 4 is 55.2 Å². The van der Waals surface area contributed by atoms with Crippen molar-refractivity contribution in [1.82, 2.24) is 4.98 Å². The van der Waals surface area contributed by atoms with Gasteiger partial charge in [0, 0.05) is 26.3 Å². The number of halogens is 1. The number of aryl methyl sites for hydroxylation is 3. The van der Waals surface area contributed by atoms with E-state index in [0.29, 0.717) is 16.8 Å². The highest BCUT2D eigenvalue weighted by Gasteiger charge is 2.40. The Kier molecular flexibility index (Phi) is 4.55. The average molecular weight is 509 g/mol. The number of benzene rings is 4. The summed E-state index contributed by atoms with van der Waals surface area (Å²) >= 11 is 3.72. The third-order valence-corrected chi connectivity index (χ3v) is 7.34. The third-order valence-electron chi connectivity index (χ3n) is 6.67. The Morgan fingerprint density at radius 1 is 0.735 bits per heavy atom. The van der Waals surface area contributed by atoms with Crippen LogP contribution in [0.2, 0.25) is 0 Å². The van der Waals surface area contributed by atoms with E-state index < -0.39 is 0 Å². The normalized spacial score (nSPS) is 13.4. The van der Waals surface area contributed by atoms with Gasteiger partial charge in [0.05, 0.1) is 22.3 Å². The van der Waals surface area contributed by atoms with Gasteiger partial charge >= 0.3 is 0 Å². The number of carbonyl (C=O) groups is 2. The number of aromatic amines is 1. The van der Waals surface area contributed by atoms with Crippen molar-refractivity contribution < 1.29 is 9.59 Å². The van der Waals surface area contributed by atoms with Gasteiger partial charge in [0.25, 0.3) is 11.8 Å². The van der Waals surface area contributed by atoms with Gasteiger partial charge in [0.2, 0.25) is 0 Å². The minimum absolute atomic E-state index is 0.281. The first-order valence-electron chi connectivity index (χ1n) is 11.2. The van der Waals surface area contributed by atoms with Gasteiger partial charge < -0.3 is 4.98 Å². The van der Waals surface area contributed by atoms with Crippen molar-refractivity contribution in [2.24, 2.45) is 0 Å². The number of rotatable bonds is 2. The van der Waals surface area contributed by atoms with E-state index in [1.54, 1.807) is 6.07 Å². The van der Waals surface area contributed by atoms with E-state index in [2.05, 4.69) is 33.0 Å². The van der Waals surface area contributed by atoms with Crippen LogP contribution in [0.5, 0.6) is 0 Å². The van der Waals surface area contributed by atoms with Gasteiger partial charge in [0.1, 0.15) is 0 Å². The number of anilines is 1. The highest BCUT2D eigenvalue weighted by atomic mass is 79.9. The Bertz CT molecular complexity index is 1670. The van der Waals surface area contributed by atoms with Gasteiger partial charge in [-0.1, -0.05) is 70.0 Å². The lowest BCUT2D eigenvalue weighted by atomic mass is 9.95. The molecule has 4 nitrogen and oxygen atoms in total. The number of nitrogens with zero attached hydrogens (tertiary/aromatic N) is 1. The number of fused-ring (bicyclic) bond motifs is 4. The van der Waals surface area contributed by atoms with Crippen LogP contribution in [0.15, 0.2) is 71.2 Å². The molecule has 2 amide bonds. The number of para-hydroxylation sites is 1. The second-order valence-electron chi connectivity index (χ2n) is 8.94. The highest BCUT2D eigenvalue weighted by molar-refractivity contribution is 9.10. The quantitative estimate of drug-likeness (QED) is 0.251. The Balaban J connectivity index is 1.62. The maximum absolute atomic E-state index is 13.9. The number of aromatic nitrogens is 1. The van der Waals surface area contributed by atoms with Crippen LogP contribution in [0.4, 0.5) is 5.69 Å². The lowest BCUT2D eigenvalue weighted by Crippen LogP contribution is -2.31. The molecule has 1 aliphatic heterocycles. The minimum Gasteiger partial charge on any atom is -0.354 e. The van der Waals surface area contributed by atoms with Crippen molar-refractivity contribution in [3.8, 4) is 11.1 Å². The molecular formula is C29H21BrN2O2. The third kappa shape index (κ3) is 2.83. The van der Waals surface area contributed by atoms with E-state index in [1.165, 1.54) is 4.90 Å². The zero-order chi connectivity index (χ0) is 23.7. The molecule has 34 heavy (non-hydrogen) atoms. The molecule has 0 aliphatic carbocycles. The van der Waals surface area contributed by atoms with Crippen molar-refractivity contribution in [2.75, 3.05) is 4.90 Å². The maximum Gasteiger partial charge on any atom is 0.266 e. The van der Waals surface area contributed by atoms with Gasteiger partial charge in [-0.05, 0) is 55.7 Å². The molecule has 1 N–H and O–H groups in total. The van der Waals surface area contributed by atoms with E-state index in [9.17, 15) is 9.59 Å². The Morgan fingerprint density at radius 3 is 2.21 bits per heavy atom. The Morgan fingerprint density at radius 2 is 1.44 bits per heavy atom. The summed E-state index contributed by atoms with van der Waals surface area (Å²) in [6.45, 7) is 5.91. The standard InChI is InChI=1S/C29H21BrN2O2/c1-15-13-16(2)27(17(3)14-15)32-28(33)21-9-6-8-20(24(21)29(32)34)25-22(30)12-11-19-18-7-4-5-10-23(18)31-26(19)25/h4-14,31H,1-3H3. The lowest BCUT2D eigenvalue weighted by Gasteiger charge is -2.20. The number of amides is 2. The van der Waals surface area contributed by atoms with Gasteiger partial charge in [-0.25, -0.2) is 4.90 Å². The highest BCUT2D eigenvalue weighted by Crippen LogP contribution is 2.43. The summed E-state index contributed by atoms with van der Waals surface area (Å²) in [5.74, 6) is -0.567.